The van der Waals surface area contributed by atoms with Crippen molar-refractivity contribution < 1.29 is 0 Å². The smallest absolute Gasteiger partial charge is 0.0521 e. The highest BCUT2D eigenvalue weighted by Crippen LogP contribution is 2.29. The largest absolute Gasteiger partial charge is 0.149 e. The summed E-state index contributed by atoms with van der Waals surface area (Å²) in [6, 6.07) is 4.32. The highest BCUT2D eigenvalue weighted by molar-refractivity contribution is 7.09. The molecule has 2 unspecified atom stereocenters. The van der Waals surface area contributed by atoms with Gasteiger partial charge in [0.15, 0.2) is 0 Å². The molecule has 0 spiro atoms. The monoisotopic (exact) mass is 226 g/mol. The molecular weight excluding hydrogens is 212 g/mol. The van der Waals surface area contributed by atoms with E-state index in [-0.39, 0.29) is 5.38 Å². The molecule has 0 radical (unpaired) electrons. The van der Waals surface area contributed by atoms with Gasteiger partial charge in [0, 0.05) is 11.3 Å². The van der Waals surface area contributed by atoms with Crippen molar-refractivity contribution in [3.63, 3.8) is 0 Å². The van der Waals surface area contributed by atoms with Crippen molar-refractivity contribution in [3.05, 3.63) is 34.0 Å². The molecule has 1 aromatic heterocycles. The van der Waals surface area contributed by atoms with Crippen LogP contribution in [0.1, 0.15) is 24.6 Å². The molecule has 2 atom stereocenters. The van der Waals surface area contributed by atoms with Gasteiger partial charge in [-0.15, -0.1) is 22.9 Å². The molecule has 0 amide bonds. The fourth-order valence-corrected chi connectivity index (χ4v) is 3.32. The van der Waals surface area contributed by atoms with Crippen LogP contribution in [0, 0.1) is 5.92 Å². The number of hydrogen-bond acceptors (Lipinski definition) is 1. The van der Waals surface area contributed by atoms with E-state index in [0.717, 1.165) is 18.8 Å². The number of alkyl halides is 1. The second kappa shape index (κ2) is 4.50. The molecule has 0 aliphatic heterocycles. The van der Waals surface area contributed by atoms with Crippen molar-refractivity contribution in [1.82, 2.24) is 0 Å². The van der Waals surface area contributed by atoms with E-state index in [1.165, 1.54) is 16.9 Å². The number of rotatable bonds is 2. The van der Waals surface area contributed by atoms with E-state index < -0.39 is 0 Å². The fraction of sp³-hybridized carbons (Fsp3) is 0.500. The summed E-state index contributed by atoms with van der Waals surface area (Å²) in [4.78, 5) is 1.45. The van der Waals surface area contributed by atoms with Crippen LogP contribution in [0.4, 0.5) is 0 Å². The third kappa shape index (κ3) is 2.61. The van der Waals surface area contributed by atoms with Gasteiger partial charge in [-0.05, 0) is 30.2 Å². The van der Waals surface area contributed by atoms with Crippen molar-refractivity contribution in [3.8, 4) is 0 Å². The zero-order valence-electron chi connectivity index (χ0n) is 8.37. The van der Waals surface area contributed by atoms with E-state index in [9.17, 15) is 0 Å². The minimum absolute atomic E-state index is 0.258. The van der Waals surface area contributed by atoms with Crippen LogP contribution < -0.4 is 0 Å². The van der Waals surface area contributed by atoms with Gasteiger partial charge in [-0.25, -0.2) is 0 Å². The summed E-state index contributed by atoms with van der Waals surface area (Å²) in [7, 11) is 0. The van der Waals surface area contributed by atoms with E-state index in [1.54, 1.807) is 0 Å². The lowest BCUT2D eigenvalue weighted by Crippen LogP contribution is -2.12. The van der Waals surface area contributed by atoms with Gasteiger partial charge in [0.05, 0.1) is 5.38 Å². The van der Waals surface area contributed by atoms with Crippen molar-refractivity contribution >= 4 is 22.9 Å². The maximum atomic E-state index is 6.17. The molecular formula is C12H15ClS. The highest BCUT2D eigenvalue weighted by atomic mass is 35.5. The molecule has 1 heterocycles. The Labute approximate surface area is 94.6 Å². The summed E-state index contributed by atoms with van der Waals surface area (Å²) >= 11 is 8.01. The minimum Gasteiger partial charge on any atom is -0.149 e. The van der Waals surface area contributed by atoms with Gasteiger partial charge in [-0.1, -0.05) is 24.6 Å². The highest BCUT2D eigenvalue weighted by Gasteiger charge is 2.17. The first-order valence-corrected chi connectivity index (χ1v) is 6.41. The van der Waals surface area contributed by atoms with Crippen LogP contribution in [-0.4, -0.2) is 5.38 Å². The van der Waals surface area contributed by atoms with Crippen molar-refractivity contribution in [1.29, 1.82) is 0 Å². The molecule has 0 N–H and O–H groups in total. The van der Waals surface area contributed by atoms with Gasteiger partial charge in [-0.3, -0.25) is 0 Å². The average Bonchev–Trinajstić information content (AvgIpc) is 2.54. The molecule has 1 aliphatic rings. The summed E-state index contributed by atoms with van der Waals surface area (Å²) < 4.78 is 0. The number of hydrogen-bond donors (Lipinski definition) is 0. The third-order valence-corrected chi connectivity index (χ3v) is 3.82. The summed E-state index contributed by atoms with van der Waals surface area (Å²) in [6.07, 6.45) is 5.71. The minimum atomic E-state index is 0.258. The van der Waals surface area contributed by atoms with Crippen molar-refractivity contribution in [2.45, 2.75) is 31.6 Å². The maximum absolute atomic E-state index is 6.17. The van der Waals surface area contributed by atoms with Gasteiger partial charge in [0.2, 0.25) is 0 Å². The molecule has 2 rings (SSSR count). The van der Waals surface area contributed by atoms with Crippen LogP contribution in [-0.2, 0) is 6.42 Å². The molecule has 2 heteroatoms. The summed E-state index contributed by atoms with van der Waals surface area (Å²) in [5.74, 6) is 0.748. The first-order chi connectivity index (χ1) is 6.74. The Kier molecular flexibility index (Phi) is 3.30. The van der Waals surface area contributed by atoms with E-state index in [0.29, 0.717) is 0 Å². The van der Waals surface area contributed by atoms with E-state index in [2.05, 4.69) is 30.5 Å². The Bertz CT molecular complexity index is 313. The lowest BCUT2D eigenvalue weighted by molar-refractivity contribution is 0.508. The Balaban J connectivity index is 2.04. The van der Waals surface area contributed by atoms with Crippen LogP contribution in [0.5, 0.6) is 0 Å². The van der Waals surface area contributed by atoms with Gasteiger partial charge >= 0.3 is 0 Å². The molecule has 0 bridgehead atoms. The quantitative estimate of drug-likeness (QED) is 0.522. The van der Waals surface area contributed by atoms with Gasteiger partial charge in [0.1, 0.15) is 0 Å². The Morgan fingerprint density at radius 3 is 3.07 bits per heavy atom. The normalized spacial score (nSPS) is 27.4. The van der Waals surface area contributed by atoms with Crippen molar-refractivity contribution in [2.75, 3.05) is 0 Å². The zero-order chi connectivity index (χ0) is 9.97. The lowest BCUT2D eigenvalue weighted by atomic mass is 9.88. The van der Waals surface area contributed by atoms with Gasteiger partial charge in [-0.2, -0.15) is 0 Å². The topological polar surface area (TPSA) is 0 Å². The molecule has 0 fully saturated rings. The van der Waals surface area contributed by atoms with Crippen LogP contribution in [0.15, 0.2) is 29.2 Å². The van der Waals surface area contributed by atoms with E-state index in [4.69, 9.17) is 11.6 Å². The van der Waals surface area contributed by atoms with Crippen LogP contribution in [0.3, 0.4) is 0 Å². The molecule has 0 saturated carbocycles. The molecule has 1 aromatic rings. The standard InChI is InChI=1S/C12H15ClS/c1-9-5-10(7-11(13)6-9)8-12-3-2-4-14-12/h2-4,7,9,11H,5-6,8H2,1H3. The predicted octanol–water partition coefficient (Wildman–Crippen LogP) is 4.25. The number of allylic oxidation sites excluding steroid dienone is 2. The van der Waals surface area contributed by atoms with Crippen LogP contribution in [0.25, 0.3) is 0 Å². The van der Waals surface area contributed by atoms with Crippen LogP contribution in [0.2, 0.25) is 0 Å². The second-order valence-electron chi connectivity index (χ2n) is 4.14. The first kappa shape index (κ1) is 10.3. The summed E-state index contributed by atoms with van der Waals surface area (Å²) in [5.41, 5.74) is 1.52. The fourth-order valence-electron chi connectivity index (χ4n) is 2.08. The van der Waals surface area contributed by atoms with E-state index >= 15 is 0 Å². The van der Waals surface area contributed by atoms with Gasteiger partial charge < -0.3 is 0 Å². The summed E-state index contributed by atoms with van der Waals surface area (Å²) in [6.45, 7) is 2.29. The Morgan fingerprint density at radius 1 is 1.57 bits per heavy atom. The number of halogens is 1. The molecule has 76 valence electrons. The molecule has 14 heavy (non-hydrogen) atoms. The van der Waals surface area contributed by atoms with Crippen molar-refractivity contribution in [2.24, 2.45) is 5.92 Å². The lowest BCUT2D eigenvalue weighted by Gasteiger charge is -2.22. The first-order valence-electron chi connectivity index (χ1n) is 5.10. The Hall–Kier alpha value is -0.270. The molecule has 0 aromatic carbocycles. The molecule has 1 aliphatic carbocycles. The predicted molar refractivity (Wildman–Crippen MR) is 64.1 cm³/mol. The SMILES string of the molecule is CC1CC(Cc2cccs2)=CC(Cl)C1. The second-order valence-corrected chi connectivity index (χ2v) is 5.73. The maximum Gasteiger partial charge on any atom is 0.0521 e. The number of thiophene rings is 1. The zero-order valence-corrected chi connectivity index (χ0v) is 9.94. The third-order valence-electron chi connectivity index (χ3n) is 2.64. The summed E-state index contributed by atoms with van der Waals surface area (Å²) in [5, 5.41) is 2.40. The molecule has 0 saturated heterocycles. The Morgan fingerprint density at radius 2 is 2.43 bits per heavy atom. The van der Waals surface area contributed by atoms with Crippen LogP contribution >= 0.6 is 22.9 Å². The van der Waals surface area contributed by atoms with Gasteiger partial charge in [0.25, 0.3) is 0 Å². The average molecular weight is 227 g/mol. The molecule has 0 nitrogen and oxygen atoms in total. The van der Waals surface area contributed by atoms with E-state index in [1.807, 2.05) is 11.3 Å².